The van der Waals surface area contributed by atoms with Gasteiger partial charge in [-0.1, -0.05) is 40.9 Å². The Balaban J connectivity index is 2.18. The molecular weight excluding hydrogens is 337 g/mol. The van der Waals surface area contributed by atoms with Crippen molar-refractivity contribution in [3.8, 4) is 0 Å². The summed E-state index contributed by atoms with van der Waals surface area (Å²) in [4.78, 5) is 23.7. The first-order chi connectivity index (χ1) is 9.90. The fraction of sp³-hybridized carbons (Fsp3) is 0.154. The molecule has 0 saturated heterocycles. The van der Waals surface area contributed by atoms with Crippen LogP contribution in [0.5, 0.6) is 0 Å². The number of hydrogen-bond donors (Lipinski definition) is 1. The van der Waals surface area contributed by atoms with Crippen molar-refractivity contribution in [2.45, 2.75) is 13.5 Å². The lowest BCUT2D eigenvalue weighted by Gasteiger charge is -2.10. The largest absolute Gasteiger partial charge is 0.324 e. The topological polar surface area (TPSA) is 64.0 Å². The zero-order chi connectivity index (χ0) is 15.6. The predicted molar refractivity (Wildman–Crippen MR) is 83.3 cm³/mol. The van der Waals surface area contributed by atoms with Crippen LogP contribution in [0.25, 0.3) is 0 Å². The molecule has 0 bridgehead atoms. The van der Waals surface area contributed by atoms with E-state index in [1.165, 1.54) is 6.20 Å². The van der Waals surface area contributed by atoms with E-state index in [1.54, 1.807) is 25.1 Å². The van der Waals surface area contributed by atoms with E-state index in [-0.39, 0.29) is 16.6 Å². The summed E-state index contributed by atoms with van der Waals surface area (Å²) in [6.45, 7) is 1.50. The first-order valence-electron chi connectivity index (χ1n) is 5.86. The van der Waals surface area contributed by atoms with Gasteiger partial charge in [-0.25, -0.2) is 4.68 Å². The Bertz CT molecular complexity index is 759. The lowest BCUT2D eigenvalue weighted by Crippen LogP contribution is -2.30. The molecule has 5 nitrogen and oxygen atoms in total. The first kappa shape index (κ1) is 15.8. The van der Waals surface area contributed by atoms with E-state index in [1.807, 2.05) is 0 Å². The van der Waals surface area contributed by atoms with Crippen molar-refractivity contribution < 1.29 is 4.79 Å². The summed E-state index contributed by atoms with van der Waals surface area (Å²) in [5.41, 5.74) is 0.685. The summed E-state index contributed by atoms with van der Waals surface area (Å²) in [7, 11) is 0. The van der Waals surface area contributed by atoms with Gasteiger partial charge in [0.25, 0.3) is 5.56 Å². The Morgan fingerprint density at radius 2 is 2.00 bits per heavy atom. The maximum Gasteiger partial charge on any atom is 0.287 e. The molecule has 110 valence electrons. The van der Waals surface area contributed by atoms with E-state index < -0.39 is 11.5 Å². The molecule has 0 aliphatic carbocycles. The second-order valence-corrected chi connectivity index (χ2v) is 5.42. The first-order valence-corrected chi connectivity index (χ1v) is 6.99. The van der Waals surface area contributed by atoms with Gasteiger partial charge in [-0.3, -0.25) is 9.59 Å². The second kappa shape index (κ2) is 6.47. The van der Waals surface area contributed by atoms with Gasteiger partial charge in [0.1, 0.15) is 11.6 Å². The number of halogens is 3. The molecule has 1 aromatic heterocycles. The number of rotatable bonds is 3. The van der Waals surface area contributed by atoms with Crippen LogP contribution in [0.1, 0.15) is 5.56 Å². The van der Waals surface area contributed by atoms with Gasteiger partial charge in [0.2, 0.25) is 5.91 Å². The van der Waals surface area contributed by atoms with Crippen LogP contribution < -0.4 is 10.9 Å². The number of nitrogens with zero attached hydrogens (tertiary/aromatic N) is 2. The highest BCUT2D eigenvalue weighted by molar-refractivity contribution is 6.41. The van der Waals surface area contributed by atoms with Crippen molar-refractivity contribution in [3.05, 3.63) is 55.4 Å². The average Bonchev–Trinajstić information content (AvgIpc) is 2.45. The Labute approximate surface area is 135 Å². The van der Waals surface area contributed by atoms with Crippen molar-refractivity contribution >= 4 is 46.4 Å². The Kier molecular flexibility index (Phi) is 4.88. The van der Waals surface area contributed by atoms with Crippen LogP contribution >= 0.6 is 34.8 Å². The van der Waals surface area contributed by atoms with Crippen LogP contribution in [0.2, 0.25) is 15.1 Å². The van der Waals surface area contributed by atoms with E-state index in [0.29, 0.717) is 10.7 Å². The zero-order valence-corrected chi connectivity index (χ0v) is 13.1. The summed E-state index contributed by atoms with van der Waals surface area (Å²) in [6.07, 6.45) is 1.21. The third-order valence-electron chi connectivity index (χ3n) is 2.78. The smallest absolute Gasteiger partial charge is 0.287 e. The highest BCUT2D eigenvalue weighted by Gasteiger charge is 2.12. The fourth-order valence-electron chi connectivity index (χ4n) is 1.63. The SMILES string of the molecule is Cc1c(Cl)cccc1NC(=O)Cn1ncc(Cl)c(Cl)c1=O. The quantitative estimate of drug-likeness (QED) is 0.928. The molecule has 0 radical (unpaired) electrons. The fourth-order valence-corrected chi connectivity index (χ4v) is 2.07. The number of benzene rings is 1. The number of aromatic nitrogens is 2. The molecule has 1 heterocycles. The van der Waals surface area contributed by atoms with Crippen LogP contribution in [0.4, 0.5) is 5.69 Å². The van der Waals surface area contributed by atoms with Crippen LogP contribution in [-0.4, -0.2) is 15.7 Å². The minimum absolute atomic E-state index is 0.0454. The van der Waals surface area contributed by atoms with Crippen molar-refractivity contribution in [2.24, 2.45) is 0 Å². The number of amides is 1. The molecule has 2 rings (SSSR count). The molecule has 1 aromatic carbocycles. The van der Waals surface area contributed by atoms with Gasteiger partial charge in [0.15, 0.2) is 0 Å². The van der Waals surface area contributed by atoms with Gasteiger partial charge in [-0.15, -0.1) is 0 Å². The molecular formula is C13H10Cl3N3O2. The van der Waals surface area contributed by atoms with E-state index in [2.05, 4.69) is 10.4 Å². The van der Waals surface area contributed by atoms with Crippen LogP contribution in [0.3, 0.4) is 0 Å². The standard InChI is InChI=1S/C13H10Cl3N3O2/c1-7-8(14)3-2-4-10(7)18-11(20)6-19-13(21)12(16)9(15)5-17-19/h2-5H,6H2,1H3,(H,18,20). The molecule has 1 amide bonds. The molecule has 0 aliphatic rings. The van der Waals surface area contributed by atoms with Crippen LogP contribution in [0.15, 0.2) is 29.2 Å². The van der Waals surface area contributed by atoms with Gasteiger partial charge in [0.05, 0.1) is 11.2 Å². The maximum absolute atomic E-state index is 12.0. The number of carbonyl (C=O) groups excluding carboxylic acids is 1. The summed E-state index contributed by atoms with van der Waals surface area (Å²) in [5, 5.41) is 6.84. The van der Waals surface area contributed by atoms with Crippen LogP contribution in [-0.2, 0) is 11.3 Å². The Morgan fingerprint density at radius 1 is 1.29 bits per heavy atom. The molecule has 0 spiro atoms. The summed E-state index contributed by atoms with van der Waals surface area (Å²) < 4.78 is 0.934. The monoisotopic (exact) mass is 345 g/mol. The average molecular weight is 347 g/mol. The number of anilines is 1. The van der Waals surface area contributed by atoms with Gasteiger partial charge < -0.3 is 5.32 Å². The molecule has 0 unspecified atom stereocenters. The minimum Gasteiger partial charge on any atom is -0.324 e. The zero-order valence-electron chi connectivity index (χ0n) is 10.9. The molecule has 0 fully saturated rings. The van der Waals surface area contributed by atoms with E-state index in [4.69, 9.17) is 34.8 Å². The summed E-state index contributed by atoms with van der Waals surface area (Å²) in [5.74, 6) is -0.423. The predicted octanol–water partition coefficient (Wildman–Crippen LogP) is 3.15. The maximum atomic E-state index is 12.0. The van der Waals surface area contributed by atoms with Gasteiger partial charge in [-0.05, 0) is 24.6 Å². The number of carbonyl (C=O) groups is 1. The second-order valence-electron chi connectivity index (χ2n) is 4.23. The summed E-state index contributed by atoms with van der Waals surface area (Å²) >= 11 is 17.4. The highest BCUT2D eigenvalue weighted by atomic mass is 35.5. The van der Waals surface area contributed by atoms with Crippen molar-refractivity contribution in [1.29, 1.82) is 0 Å². The molecule has 21 heavy (non-hydrogen) atoms. The molecule has 0 atom stereocenters. The highest BCUT2D eigenvalue weighted by Crippen LogP contribution is 2.22. The van der Waals surface area contributed by atoms with Gasteiger partial charge in [0, 0.05) is 10.7 Å². The lowest BCUT2D eigenvalue weighted by atomic mass is 10.2. The molecule has 0 saturated carbocycles. The van der Waals surface area contributed by atoms with Gasteiger partial charge in [-0.2, -0.15) is 5.10 Å². The number of hydrogen-bond acceptors (Lipinski definition) is 3. The Hall–Kier alpha value is -1.56. The lowest BCUT2D eigenvalue weighted by molar-refractivity contribution is -0.117. The van der Waals surface area contributed by atoms with E-state index >= 15 is 0 Å². The van der Waals surface area contributed by atoms with Crippen molar-refractivity contribution in [3.63, 3.8) is 0 Å². The molecule has 2 aromatic rings. The number of nitrogens with one attached hydrogen (secondary N) is 1. The molecule has 0 aliphatic heterocycles. The molecule has 8 heteroatoms. The minimum atomic E-state index is -0.623. The van der Waals surface area contributed by atoms with E-state index in [9.17, 15) is 9.59 Å². The normalized spacial score (nSPS) is 10.5. The molecule has 1 N–H and O–H groups in total. The van der Waals surface area contributed by atoms with Crippen molar-refractivity contribution in [1.82, 2.24) is 9.78 Å². The third-order valence-corrected chi connectivity index (χ3v) is 3.94. The van der Waals surface area contributed by atoms with E-state index in [0.717, 1.165) is 10.2 Å². The Morgan fingerprint density at radius 3 is 2.71 bits per heavy atom. The third kappa shape index (κ3) is 3.56. The van der Waals surface area contributed by atoms with Crippen LogP contribution in [0, 0.1) is 6.92 Å². The van der Waals surface area contributed by atoms with Crippen molar-refractivity contribution in [2.75, 3.05) is 5.32 Å². The van der Waals surface area contributed by atoms with Gasteiger partial charge >= 0.3 is 0 Å². The summed E-state index contributed by atoms with van der Waals surface area (Å²) in [6, 6.07) is 5.15.